The molecule has 0 radical (unpaired) electrons. The summed E-state index contributed by atoms with van der Waals surface area (Å²) in [7, 11) is 0. The maximum Gasteiger partial charge on any atom is 0.229 e. The van der Waals surface area contributed by atoms with Crippen LogP contribution in [-0.2, 0) is 16.0 Å². The summed E-state index contributed by atoms with van der Waals surface area (Å²) in [4.78, 5) is 27.5. The van der Waals surface area contributed by atoms with Crippen LogP contribution in [0.5, 0.6) is 0 Å². The van der Waals surface area contributed by atoms with E-state index in [0.717, 1.165) is 29.2 Å². The molecule has 4 nitrogen and oxygen atoms in total. The Hall–Kier alpha value is -2.85. The van der Waals surface area contributed by atoms with Gasteiger partial charge in [0.05, 0.1) is 12.3 Å². The molecule has 1 saturated heterocycles. The SMILES string of the molecule is O=C(Nc1cccc(Cl)c1)C1CCCN(C(=O)Cc2cccc3ccccc23)C1. The molecule has 1 aliphatic rings. The molecule has 1 heterocycles. The molecular formula is C24H23ClN2O2. The van der Waals surface area contributed by atoms with E-state index in [0.29, 0.717) is 30.2 Å². The van der Waals surface area contributed by atoms with Gasteiger partial charge in [-0.15, -0.1) is 0 Å². The van der Waals surface area contributed by atoms with Crippen LogP contribution in [0.4, 0.5) is 5.69 Å². The van der Waals surface area contributed by atoms with Gasteiger partial charge in [0.2, 0.25) is 11.8 Å². The fourth-order valence-electron chi connectivity index (χ4n) is 3.95. The number of carbonyl (C=O) groups is 2. The summed E-state index contributed by atoms with van der Waals surface area (Å²) in [6.45, 7) is 1.15. The lowest BCUT2D eigenvalue weighted by Crippen LogP contribution is -2.44. The fraction of sp³-hybridized carbons (Fsp3) is 0.250. The number of carbonyl (C=O) groups excluding carboxylic acids is 2. The summed E-state index contributed by atoms with van der Waals surface area (Å²) >= 11 is 5.99. The van der Waals surface area contributed by atoms with Gasteiger partial charge in [-0.2, -0.15) is 0 Å². The first kappa shape index (κ1) is 19.5. The normalized spacial score (nSPS) is 16.6. The monoisotopic (exact) mass is 406 g/mol. The van der Waals surface area contributed by atoms with Crippen LogP contribution in [0.15, 0.2) is 66.7 Å². The molecule has 29 heavy (non-hydrogen) atoms. The molecular weight excluding hydrogens is 384 g/mol. The van der Waals surface area contributed by atoms with E-state index in [1.807, 2.05) is 35.2 Å². The molecule has 1 fully saturated rings. The quantitative estimate of drug-likeness (QED) is 0.669. The Kier molecular flexibility index (Phi) is 5.81. The highest BCUT2D eigenvalue weighted by molar-refractivity contribution is 6.30. The van der Waals surface area contributed by atoms with Crippen LogP contribution >= 0.6 is 11.6 Å². The third-order valence-corrected chi connectivity index (χ3v) is 5.69. The number of hydrogen-bond donors (Lipinski definition) is 1. The van der Waals surface area contributed by atoms with Crippen LogP contribution in [0.3, 0.4) is 0 Å². The summed E-state index contributed by atoms with van der Waals surface area (Å²) in [6, 6.07) is 21.3. The van der Waals surface area contributed by atoms with Gasteiger partial charge >= 0.3 is 0 Å². The molecule has 0 aliphatic carbocycles. The zero-order valence-corrected chi connectivity index (χ0v) is 16.9. The molecule has 1 atom stereocenters. The minimum absolute atomic E-state index is 0.0603. The van der Waals surface area contributed by atoms with Crippen molar-refractivity contribution in [3.05, 3.63) is 77.3 Å². The Bertz CT molecular complexity index is 1040. The first-order valence-electron chi connectivity index (χ1n) is 9.91. The van der Waals surface area contributed by atoms with Crippen molar-refractivity contribution in [3.63, 3.8) is 0 Å². The molecule has 2 amide bonds. The molecule has 148 valence electrons. The standard InChI is InChI=1S/C24H23ClN2O2/c25-20-10-4-11-21(15-20)26-24(29)19-9-5-13-27(16-19)23(28)14-18-8-3-7-17-6-1-2-12-22(17)18/h1-4,6-8,10-12,15,19H,5,9,13-14,16H2,(H,26,29). The van der Waals surface area contributed by atoms with Gasteiger partial charge in [0.1, 0.15) is 0 Å². The van der Waals surface area contributed by atoms with E-state index in [-0.39, 0.29) is 17.7 Å². The second kappa shape index (κ2) is 8.66. The number of halogens is 1. The predicted octanol–water partition coefficient (Wildman–Crippen LogP) is 4.91. The fourth-order valence-corrected chi connectivity index (χ4v) is 4.14. The third-order valence-electron chi connectivity index (χ3n) is 5.46. The molecule has 5 heteroatoms. The third kappa shape index (κ3) is 4.60. The van der Waals surface area contributed by atoms with Gasteiger partial charge in [0.25, 0.3) is 0 Å². The molecule has 1 aliphatic heterocycles. The van der Waals surface area contributed by atoms with Gasteiger partial charge in [0, 0.05) is 23.8 Å². The Balaban J connectivity index is 1.42. The first-order chi connectivity index (χ1) is 14.1. The maximum atomic E-state index is 13.0. The Labute approximate surface area is 175 Å². The molecule has 3 aromatic rings. The van der Waals surface area contributed by atoms with Crippen LogP contribution in [0.2, 0.25) is 5.02 Å². The van der Waals surface area contributed by atoms with E-state index < -0.39 is 0 Å². The number of fused-ring (bicyclic) bond motifs is 1. The largest absolute Gasteiger partial charge is 0.342 e. The molecule has 0 bridgehead atoms. The van der Waals surface area contributed by atoms with Crippen LogP contribution in [0.25, 0.3) is 10.8 Å². The molecule has 0 spiro atoms. The highest BCUT2D eigenvalue weighted by atomic mass is 35.5. The Morgan fingerprint density at radius 1 is 1.03 bits per heavy atom. The summed E-state index contributed by atoms with van der Waals surface area (Å²) < 4.78 is 0. The lowest BCUT2D eigenvalue weighted by molar-refractivity contribution is -0.133. The van der Waals surface area contributed by atoms with E-state index >= 15 is 0 Å². The van der Waals surface area contributed by atoms with Gasteiger partial charge < -0.3 is 10.2 Å². The highest BCUT2D eigenvalue weighted by Gasteiger charge is 2.28. The van der Waals surface area contributed by atoms with Crippen molar-refractivity contribution in [2.75, 3.05) is 18.4 Å². The summed E-state index contributed by atoms with van der Waals surface area (Å²) in [5.74, 6) is -0.198. The van der Waals surface area contributed by atoms with Crippen LogP contribution in [0, 0.1) is 5.92 Å². The number of nitrogens with zero attached hydrogens (tertiary/aromatic N) is 1. The van der Waals surface area contributed by atoms with E-state index in [4.69, 9.17) is 11.6 Å². The second-order valence-corrected chi connectivity index (χ2v) is 7.93. The van der Waals surface area contributed by atoms with E-state index in [1.165, 1.54) is 0 Å². The van der Waals surface area contributed by atoms with Gasteiger partial charge in [-0.05, 0) is 47.4 Å². The molecule has 1 unspecified atom stereocenters. The zero-order chi connectivity index (χ0) is 20.2. The summed E-state index contributed by atoms with van der Waals surface area (Å²) in [5.41, 5.74) is 1.71. The number of piperidine rings is 1. The van der Waals surface area contributed by atoms with Crippen molar-refractivity contribution in [1.29, 1.82) is 0 Å². The second-order valence-electron chi connectivity index (χ2n) is 7.49. The lowest BCUT2D eigenvalue weighted by Gasteiger charge is -2.32. The Morgan fingerprint density at radius 3 is 2.69 bits per heavy atom. The lowest BCUT2D eigenvalue weighted by atomic mass is 9.95. The zero-order valence-electron chi connectivity index (χ0n) is 16.1. The van der Waals surface area contributed by atoms with Crippen molar-refractivity contribution < 1.29 is 9.59 Å². The van der Waals surface area contributed by atoms with Gasteiger partial charge in [0.15, 0.2) is 0 Å². The van der Waals surface area contributed by atoms with Gasteiger partial charge in [-0.25, -0.2) is 0 Å². The van der Waals surface area contributed by atoms with Crippen molar-refractivity contribution in [2.45, 2.75) is 19.3 Å². The average molecular weight is 407 g/mol. The van der Waals surface area contributed by atoms with Crippen molar-refractivity contribution in [1.82, 2.24) is 4.90 Å². The van der Waals surface area contributed by atoms with Gasteiger partial charge in [-0.1, -0.05) is 60.1 Å². The number of benzene rings is 3. The Morgan fingerprint density at radius 2 is 1.83 bits per heavy atom. The minimum atomic E-state index is -0.209. The first-order valence-corrected chi connectivity index (χ1v) is 10.3. The van der Waals surface area contributed by atoms with E-state index in [9.17, 15) is 9.59 Å². The number of anilines is 1. The van der Waals surface area contributed by atoms with Crippen LogP contribution in [0.1, 0.15) is 18.4 Å². The minimum Gasteiger partial charge on any atom is -0.342 e. The number of likely N-dealkylation sites (tertiary alicyclic amines) is 1. The molecule has 3 aromatic carbocycles. The summed E-state index contributed by atoms with van der Waals surface area (Å²) in [5, 5.41) is 5.75. The number of amides is 2. The van der Waals surface area contributed by atoms with Crippen LogP contribution in [-0.4, -0.2) is 29.8 Å². The van der Waals surface area contributed by atoms with Crippen molar-refractivity contribution in [2.24, 2.45) is 5.92 Å². The molecule has 0 aromatic heterocycles. The van der Waals surface area contributed by atoms with E-state index in [2.05, 4.69) is 23.5 Å². The number of rotatable bonds is 4. The van der Waals surface area contributed by atoms with Crippen LogP contribution < -0.4 is 5.32 Å². The smallest absolute Gasteiger partial charge is 0.229 e. The number of nitrogens with one attached hydrogen (secondary N) is 1. The molecule has 0 saturated carbocycles. The van der Waals surface area contributed by atoms with Crippen molar-refractivity contribution in [3.8, 4) is 0 Å². The molecule has 1 N–H and O–H groups in total. The van der Waals surface area contributed by atoms with Gasteiger partial charge in [-0.3, -0.25) is 9.59 Å². The average Bonchev–Trinajstić information content (AvgIpc) is 2.74. The topological polar surface area (TPSA) is 49.4 Å². The predicted molar refractivity (Wildman–Crippen MR) is 117 cm³/mol. The van der Waals surface area contributed by atoms with E-state index in [1.54, 1.807) is 18.2 Å². The number of hydrogen-bond acceptors (Lipinski definition) is 2. The summed E-state index contributed by atoms with van der Waals surface area (Å²) in [6.07, 6.45) is 1.96. The maximum absolute atomic E-state index is 13.0. The highest BCUT2D eigenvalue weighted by Crippen LogP contribution is 2.23. The van der Waals surface area contributed by atoms with Crippen molar-refractivity contribution >= 4 is 39.9 Å². The molecule has 4 rings (SSSR count).